The van der Waals surface area contributed by atoms with Gasteiger partial charge in [0.2, 0.25) is 12.3 Å². The van der Waals surface area contributed by atoms with E-state index in [0.717, 1.165) is 9.13 Å². The first-order chi connectivity index (χ1) is 6.27. The minimum atomic E-state index is 0.493. The van der Waals surface area contributed by atoms with Crippen molar-refractivity contribution in [1.29, 1.82) is 0 Å². The molecule has 0 aliphatic heterocycles. The smallest absolute Gasteiger partial charge is 0.248 e. The highest BCUT2D eigenvalue weighted by molar-refractivity contribution is 14.1. The molecule has 0 saturated carbocycles. The van der Waals surface area contributed by atoms with E-state index in [4.69, 9.17) is 16.0 Å². The van der Waals surface area contributed by atoms with Gasteiger partial charge in [-0.1, -0.05) is 11.6 Å². The fourth-order valence-electron chi connectivity index (χ4n) is 0.952. The molecule has 1 aromatic carbocycles. The van der Waals surface area contributed by atoms with Gasteiger partial charge in [0.1, 0.15) is 0 Å². The summed E-state index contributed by atoms with van der Waals surface area (Å²) in [6, 6.07) is 5.53. The minimum Gasteiger partial charge on any atom is -0.423 e. The minimum absolute atomic E-state index is 0.493. The highest BCUT2D eigenvalue weighted by atomic mass is 127. The molecule has 5 heteroatoms. The third-order valence-corrected chi connectivity index (χ3v) is 2.69. The first-order valence-corrected chi connectivity index (χ1v) is 4.94. The lowest BCUT2D eigenvalue weighted by atomic mass is 10.2. The molecule has 0 aliphatic carbocycles. The highest BCUT2D eigenvalue weighted by Crippen LogP contribution is 2.26. The molecule has 0 N–H and O–H groups in total. The number of hydrogen-bond donors (Lipinski definition) is 0. The molecule has 2 aromatic rings. The van der Waals surface area contributed by atoms with Crippen LogP contribution in [0.1, 0.15) is 0 Å². The van der Waals surface area contributed by atoms with E-state index >= 15 is 0 Å². The zero-order valence-corrected chi connectivity index (χ0v) is 9.28. The molecule has 0 bridgehead atoms. The van der Waals surface area contributed by atoms with Gasteiger partial charge >= 0.3 is 0 Å². The maximum atomic E-state index is 5.84. The van der Waals surface area contributed by atoms with Gasteiger partial charge in [0, 0.05) is 8.59 Å². The van der Waals surface area contributed by atoms with Crippen LogP contribution < -0.4 is 0 Å². The quantitative estimate of drug-likeness (QED) is 0.760. The predicted octanol–water partition coefficient (Wildman–Crippen LogP) is 2.99. The summed E-state index contributed by atoms with van der Waals surface area (Å²) in [4.78, 5) is 0. The van der Waals surface area contributed by atoms with Crippen molar-refractivity contribution in [3.63, 3.8) is 0 Å². The molecule has 0 aliphatic rings. The summed E-state index contributed by atoms with van der Waals surface area (Å²) >= 11 is 8.03. The summed E-state index contributed by atoms with van der Waals surface area (Å²) in [5.41, 5.74) is 0.866. The Morgan fingerprint density at radius 1 is 1.38 bits per heavy atom. The van der Waals surface area contributed by atoms with Crippen molar-refractivity contribution >= 4 is 34.2 Å². The third-order valence-electron chi connectivity index (χ3n) is 1.52. The van der Waals surface area contributed by atoms with Gasteiger partial charge in [-0.25, -0.2) is 0 Å². The van der Waals surface area contributed by atoms with Crippen molar-refractivity contribution in [2.24, 2.45) is 0 Å². The lowest BCUT2D eigenvalue weighted by Gasteiger charge is -1.98. The average Bonchev–Trinajstić information content (AvgIpc) is 2.61. The highest BCUT2D eigenvalue weighted by Gasteiger charge is 2.08. The topological polar surface area (TPSA) is 38.9 Å². The molecule has 1 heterocycles. The van der Waals surface area contributed by atoms with Crippen LogP contribution in [0, 0.1) is 3.57 Å². The summed E-state index contributed by atoms with van der Waals surface area (Å²) in [6.45, 7) is 0. The molecule has 66 valence electrons. The van der Waals surface area contributed by atoms with E-state index in [1.807, 2.05) is 12.1 Å². The van der Waals surface area contributed by atoms with Crippen molar-refractivity contribution in [2.45, 2.75) is 0 Å². The normalized spacial score (nSPS) is 10.3. The molecule has 0 unspecified atom stereocenters. The van der Waals surface area contributed by atoms with Crippen LogP contribution in [0.2, 0.25) is 5.02 Å². The van der Waals surface area contributed by atoms with Crippen molar-refractivity contribution in [1.82, 2.24) is 10.2 Å². The maximum absolute atomic E-state index is 5.84. The third kappa shape index (κ3) is 1.83. The molecular weight excluding hydrogens is 302 g/mol. The monoisotopic (exact) mass is 306 g/mol. The van der Waals surface area contributed by atoms with Crippen molar-refractivity contribution < 1.29 is 4.42 Å². The summed E-state index contributed by atoms with van der Waals surface area (Å²) < 4.78 is 6.10. The van der Waals surface area contributed by atoms with Gasteiger partial charge in [0.05, 0.1) is 5.56 Å². The second-order valence-electron chi connectivity index (χ2n) is 2.37. The zero-order valence-electron chi connectivity index (χ0n) is 6.37. The Labute approximate surface area is 93.3 Å². The van der Waals surface area contributed by atoms with E-state index in [-0.39, 0.29) is 0 Å². The van der Waals surface area contributed by atoms with Gasteiger partial charge in [-0.15, -0.1) is 10.2 Å². The van der Waals surface area contributed by atoms with Crippen LogP contribution in [-0.4, -0.2) is 10.2 Å². The molecule has 0 amide bonds. The largest absolute Gasteiger partial charge is 0.423 e. The molecule has 0 fully saturated rings. The zero-order chi connectivity index (χ0) is 9.26. The van der Waals surface area contributed by atoms with Crippen molar-refractivity contribution in [3.05, 3.63) is 33.2 Å². The standard InChI is InChI=1S/C8H4ClIN2O/c9-5-1-2-7(10)6(3-5)8-12-11-4-13-8/h1-4H. The summed E-state index contributed by atoms with van der Waals surface area (Å²) in [5.74, 6) is 0.493. The molecule has 0 atom stereocenters. The fourth-order valence-corrected chi connectivity index (χ4v) is 1.69. The van der Waals surface area contributed by atoms with Crippen LogP contribution in [0.5, 0.6) is 0 Å². The Morgan fingerprint density at radius 3 is 2.92 bits per heavy atom. The Balaban J connectivity index is 2.57. The first kappa shape index (κ1) is 8.96. The van der Waals surface area contributed by atoms with Crippen LogP contribution >= 0.6 is 34.2 Å². The van der Waals surface area contributed by atoms with Gasteiger partial charge < -0.3 is 4.42 Å². The molecular formula is C8H4ClIN2O. The molecule has 0 saturated heterocycles. The van der Waals surface area contributed by atoms with Crippen molar-refractivity contribution in [2.75, 3.05) is 0 Å². The maximum Gasteiger partial charge on any atom is 0.248 e. The number of nitrogens with zero attached hydrogens (tertiary/aromatic N) is 2. The second-order valence-corrected chi connectivity index (χ2v) is 3.97. The Bertz CT molecular complexity index is 416. The van der Waals surface area contributed by atoms with Crippen LogP contribution in [0.3, 0.4) is 0 Å². The van der Waals surface area contributed by atoms with Crippen LogP contribution in [-0.2, 0) is 0 Å². The number of rotatable bonds is 1. The van der Waals surface area contributed by atoms with Gasteiger partial charge in [-0.05, 0) is 40.8 Å². The number of benzene rings is 1. The van der Waals surface area contributed by atoms with E-state index in [2.05, 4.69) is 32.8 Å². The van der Waals surface area contributed by atoms with Crippen LogP contribution in [0.25, 0.3) is 11.5 Å². The Kier molecular flexibility index (Phi) is 2.50. The number of hydrogen-bond acceptors (Lipinski definition) is 3. The van der Waals surface area contributed by atoms with E-state index in [1.54, 1.807) is 6.07 Å². The van der Waals surface area contributed by atoms with Crippen LogP contribution in [0.15, 0.2) is 29.0 Å². The van der Waals surface area contributed by atoms with Gasteiger partial charge in [0.25, 0.3) is 0 Å². The van der Waals surface area contributed by atoms with Crippen molar-refractivity contribution in [3.8, 4) is 11.5 Å². The van der Waals surface area contributed by atoms with Gasteiger partial charge in [-0.3, -0.25) is 0 Å². The van der Waals surface area contributed by atoms with E-state index in [9.17, 15) is 0 Å². The fraction of sp³-hybridized carbons (Fsp3) is 0. The molecule has 3 nitrogen and oxygen atoms in total. The lowest BCUT2D eigenvalue weighted by Crippen LogP contribution is -1.82. The number of aromatic nitrogens is 2. The molecule has 0 spiro atoms. The molecule has 0 radical (unpaired) electrons. The van der Waals surface area contributed by atoms with E-state index in [1.165, 1.54) is 6.39 Å². The summed E-state index contributed by atoms with van der Waals surface area (Å²) in [6.07, 6.45) is 1.30. The van der Waals surface area contributed by atoms with Gasteiger partial charge in [-0.2, -0.15) is 0 Å². The lowest BCUT2D eigenvalue weighted by molar-refractivity contribution is 0.568. The predicted molar refractivity (Wildman–Crippen MR) is 57.5 cm³/mol. The molecule has 2 rings (SSSR count). The Morgan fingerprint density at radius 2 is 2.23 bits per heavy atom. The first-order valence-electron chi connectivity index (χ1n) is 3.49. The molecule has 1 aromatic heterocycles. The van der Waals surface area contributed by atoms with E-state index in [0.29, 0.717) is 10.9 Å². The van der Waals surface area contributed by atoms with Gasteiger partial charge in [0.15, 0.2) is 0 Å². The average molecular weight is 306 g/mol. The SMILES string of the molecule is Clc1ccc(I)c(-c2nnco2)c1. The number of halogens is 2. The summed E-state index contributed by atoms with van der Waals surface area (Å²) in [5, 5.41) is 8.08. The summed E-state index contributed by atoms with van der Waals surface area (Å²) in [7, 11) is 0. The Hall–Kier alpha value is -0.620. The van der Waals surface area contributed by atoms with Crippen LogP contribution in [0.4, 0.5) is 0 Å². The van der Waals surface area contributed by atoms with E-state index < -0.39 is 0 Å². The second kappa shape index (κ2) is 3.63. The molecule has 13 heavy (non-hydrogen) atoms.